The van der Waals surface area contributed by atoms with Crippen molar-refractivity contribution in [2.75, 3.05) is 19.0 Å². The number of nitrogens with one attached hydrogen (secondary N) is 1. The number of rotatable bonds is 7. The molecular formula is C20H23N5O4. The molecule has 0 saturated heterocycles. The highest BCUT2D eigenvalue weighted by Gasteiger charge is 2.13. The van der Waals surface area contributed by atoms with Gasteiger partial charge in [-0.05, 0) is 56.5 Å². The number of carbonyl (C=O) groups excluding carboxylic acids is 2. The molecule has 0 aliphatic rings. The maximum atomic E-state index is 12.5. The van der Waals surface area contributed by atoms with Crippen LogP contribution >= 0.6 is 0 Å². The molecule has 0 saturated carbocycles. The summed E-state index contributed by atoms with van der Waals surface area (Å²) in [5.41, 5.74) is 4.29. The third-order valence-corrected chi connectivity index (χ3v) is 4.65. The Morgan fingerprint density at radius 1 is 1.21 bits per heavy atom. The van der Waals surface area contributed by atoms with E-state index in [1.807, 2.05) is 20.8 Å². The molecule has 0 unspecified atom stereocenters. The van der Waals surface area contributed by atoms with Crippen molar-refractivity contribution in [1.29, 1.82) is 0 Å². The molecule has 29 heavy (non-hydrogen) atoms. The molecule has 0 aliphatic heterocycles. The second-order valence-electron chi connectivity index (χ2n) is 6.62. The fourth-order valence-electron chi connectivity index (χ4n) is 3.04. The van der Waals surface area contributed by atoms with Gasteiger partial charge in [0, 0.05) is 23.5 Å². The summed E-state index contributed by atoms with van der Waals surface area (Å²) < 4.78 is 11.6. The van der Waals surface area contributed by atoms with Crippen molar-refractivity contribution in [3.05, 3.63) is 47.0 Å². The summed E-state index contributed by atoms with van der Waals surface area (Å²) in [5.74, 6) is 0.528. The number of aromatic nitrogens is 4. The van der Waals surface area contributed by atoms with E-state index in [1.54, 1.807) is 22.7 Å². The molecule has 152 valence electrons. The maximum Gasteiger partial charge on any atom is 0.343 e. The summed E-state index contributed by atoms with van der Waals surface area (Å²) in [4.78, 5) is 32.1. The predicted molar refractivity (Wildman–Crippen MR) is 106 cm³/mol. The Hall–Kier alpha value is -3.49. The molecular weight excluding hydrogens is 374 g/mol. The van der Waals surface area contributed by atoms with Crippen LogP contribution in [0, 0.1) is 20.8 Å². The van der Waals surface area contributed by atoms with Gasteiger partial charge in [0.25, 0.3) is 5.78 Å². The highest BCUT2D eigenvalue weighted by Crippen LogP contribution is 2.22. The van der Waals surface area contributed by atoms with Crippen LogP contribution in [0.4, 0.5) is 5.69 Å². The van der Waals surface area contributed by atoms with Crippen LogP contribution in [0.1, 0.15) is 28.9 Å². The lowest BCUT2D eigenvalue weighted by Gasteiger charge is -2.12. The molecule has 1 amide bonds. The van der Waals surface area contributed by atoms with E-state index in [0.29, 0.717) is 30.1 Å². The van der Waals surface area contributed by atoms with Gasteiger partial charge in [-0.1, -0.05) is 0 Å². The fraction of sp³-hybridized carbons (Fsp3) is 0.350. The van der Waals surface area contributed by atoms with Gasteiger partial charge in [0.15, 0.2) is 6.61 Å². The second-order valence-corrected chi connectivity index (χ2v) is 6.62. The van der Waals surface area contributed by atoms with Crippen molar-refractivity contribution in [3.63, 3.8) is 0 Å². The minimum atomic E-state index is -0.454. The summed E-state index contributed by atoms with van der Waals surface area (Å²) in [6.07, 6.45) is 2.32. The number of ether oxygens (including phenoxy) is 2. The summed E-state index contributed by atoms with van der Waals surface area (Å²) >= 11 is 0. The number of fused-ring (bicyclic) bond motifs is 1. The summed E-state index contributed by atoms with van der Waals surface area (Å²) in [7, 11) is 1.30. The number of esters is 1. The van der Waals surface area contributed by atoms with Crippen LogP contribution in [0.2, 0.25) is 0 Å². The van der Waals surface area contributed by atoms with E-state index < -0.39 is 5.97 Å². The van der Waals surface area contributed by atoms with Gasteiger partial charge in [-0.25, -0.2) is 14.3 Å². The van der Waals surface area contributed by atoms with Crippen molar-refractivity contribution >= 4 is 23.3 Å². The molecule has 0 atom stereocenters. The van der Waals surface area contributed by atoms with Crippen molar-refractivity contribution in [1.82, 2.24) is 19.6 Å². The molecule has 0 aliphatic carbocycles. The first-order valence-corrected chi connectivity index (χ1v) is 9.15. The quantitative estimate of drug-likeness (QED) is 0.609. The summed E-state index contributed by atoms with van der Waals surface area (Å²) in [6.45, 7) is 5.55. The van der Waals surface area contributed by atoms with Crippen molar-refractivity contribution < 1.29 is 19.1 Å². The number of hydrogen-bond donors (Lipinski definition) is 1. The van der Waals surface area contributed by atoms with Gasteiger partial charge in [0.05, 0.1) is 7.11 Å². The maximum absolute atomic E-state index is 12.5. The Labute approximate surface area is 168 Å². The van der Waals surface area contributed by atoms with E-state index in [1.165, 1.54) is 13.4 Å². The zero-order chi connectivity index (χ0) is 21.0. The average Bonchev–Trinajstić information content (AvgIpc) is 3.16. The van der Waals surface area contributed by atoms with Crippen LogP contribution in [-0.2, 0) is 20.7 Å². The number of amides is 1. The minimum absolute atomic E-state index is 0.103. The van der Waals surface area contributed by atoms with E-state index >= 15 is 0 Å². The standard InChI is InChI=1S/C20H23N5O4/c1-12-9-15(29-10-19(27)28-4)5-7-17(12)24-18(26)8-6-16-13(2)23-20-21-11-22-25(20)14(16)3/h5,7,9,11H,6,8,10H2,1-4H3,(H,24,26). The number of hydrogen-bond acceptors (Lipinski definition) is 7. The lowest BCUT2D eigenvalue weighted by molar-refractivity contribution is -0.142. The number of aryl methyl sites for hydroxylation is 3. The lowest BCUT2D eigenvalue weighted by Crippen LogP contribution is -2.15. The number of carbonyl (C=O) groups is 2. The largest absolute Gasteiger partial charge is 0.482 e. The molecule has 2 aromatic heterocycles. The van der Waals surface area contributed by atoms with Crippen LogP contribution in [-0.4, -0.2) is 45.2 Å². The number of anilines is 1. The third-order valence-electron chi connectivity index (χ3n) is 4.65. The Morgan fingerprint density at radius 3 is 2.72 bits per heavy atom. The van der Waals surface area contributed by atoms with Crippen LogP contribution in [0.25, 0.3) is 5.78 Å². The number of benzene rings is 1. The first kappa shape index (κ1) is 20.2. The topological polar surface area (TPSA) is 108 Å². The molecule has 9 heteroatoms. The van der Waals surface area contributed by atoms with Crippen LogP contribution in [0.3, 0.4) is 0 Å². The highest BCUT2D eigenvalue weighted by atomic mass is 16.6. The molecule has 3 rings (SSSR count). The lowest BCUT2D eigenvalue weighted by atomic mass is 10.1. The molecule has 1 N–H and O–H groups in total. The zero-order valence-corrected chi connectivity index (χ0v) is 16.9. The first-order valence-electron chi connectivity index (χ1n) is 9.15. The van der Waals surface area contributed by atoms with Crippen molar-refractivity contribution in [2.24, 2.45) is 0 Å². The van der Waals surface area contributed by atoms with Gasteiger partial charge in [-0.3, -0.25) is 4.79 Å². The molecule has 0 bridgehead atoms. The molecule has 2 heterocycles. The monoisotopic (exact) mass is 397 g/mol. The van der Waals surface area contributed by atoms with Gasteiger partial charge in [0.2, 0.25) is 5.91 Å². The second kappa shape index (κ2) is 8.68. The average molecular weight is 397 g/mol. The van der Waals surface area contributed by atoms with Crippen LogP contribution in [0.5, 0.6) is 5.75 Å². The third kappa shape index (κ3) is 4.68. The Bertz CT molecular complexity index is 1060. The van der Waals surface area contributed by atoms with Gasteiger partial charge < -0.3 is 14.8 Å². The first-order chi connectivity index (χ1) is 13.9. The molecule has 3 aromatic rings. The normalized spacial score (nSPS) is 10.8. The van der Waals surface area contributed by atoms with Crippen LogP contribution in [0.15, 0.2) is 24.5 Å². The predicted octanol–water partition coefficient (Wildman–Crippen LogP) is 2.17. The molecule has 0 spiro atoms. The molecule has 1 aromatic carbocycles. The summed E-state index contributed by atoms with van der Waals surface area (Å²) in [5, 5.41) is 7.08. The minimum Gasteiger partial charge on any atom is -0.482 e. The van der Waals surface area contributed by atoms with Gasteiger partial charge >= 0.3 is 5.97 Å². The molecule has 0 radical (unpaired) electrons. The van der Waals surface area contributed by atoms with Crippen molar-refractivity contribution in [3.8, 4) is 5.75 Å². The van der Waals surface area contributed by atoms with Gasteiger partial charge in [0.1, 0.15) is 12.1 Å². The van der Waals surface area contributed by atoms with E-state index in [0.717, 1.165) is 22.5 Å². The van der Waals surface area contributed by atoms with Gasteiger partial charge in [-0.2, -0.15) is 10.1 Å². The Morgan fingerprint density at radius 2 is 2.00 bits per heavy atom. The smallest absolute Gasteiger partial charge is 0.343 e. The Balaban J connectivity index is 1.62. The van der Waals surface area contributed by atoms with Crippen molar-refractivity contribution in [2.45, 2.75) is 33.6 Å². The van der Waals surface area contributed by atoms with E-state index in [9.17, 15) is 9.59 Å². The van der Waals surface area contributed by atoms with Crippen LogP contribution < -0.4 is 10.1 Å². The fourth-order valence-corrected chi connectivity index (χ4v) is 3.04. The number of nitrogens with zero attached hydrogens (tertiary/aromatic N) is 4. The number of methoxy groups -OCH3 is 1. The van der Waals surface area contributed by atoms with E-state index in [4.69, 9.17) is 4.74 Å². The zero-order valence-electron chi connectivity index (χ0n) is 16.9. The summed E-state index contributed by atoms with van der Waals surface area (Å²) in [6, 6.07) is 5.21. The highest BCUT2D eigenvalue weighted by molar-refractivity contribution is 5.91. The van der Waals surface area contributed by atoms with E-state index in [2.05, 4.69) is 25.1 Å². The van der Waals surface area contributed by atoms with E-state index in [-0.39, 0.29) is 12.5 Å². The SMILES string of the molecule is COC(=O)COc1ccc(NC(=O)CCc2c(C)nc3ncnn3c2C)c(C)c1. The Kier molecular flexibility index (Phi) is 6.06. The molecule has 0 fully saturated rings. The molecule has 9 nitrogen and oxygen atoms in total. The van der Waals surface area contributed by atoms with Gasteiger partial charge in [-0.15, -0.1) is 0 Å².